The molecular weight excluding hydrogens is 212 g/mol. The van der Waals surface area contributed by atoms with Crippen LogP contribution < -0.4 is 5.73 Å². The maximum Gasteiger partial charge on any atom is 0.0675 e. The van der Waals surface area contributed by atoms with Crippen molar-refractivity contribution in [3.8, 4) is 0 Å². The van der Waals surface area contributed by atoms with Crippen molar-refractivity contribution in [2.75, 3.05) is 19.7 Å². The first-order valence-corrected chi connectivity index (χ1v) is 6.97. The van der Waals surface area contributed by atoms with E-state index >= 15 is 0 Å². The molecule has 17 heavy (non-hydrogen) atoms. The van der Waals surface area contributed by atoms with Gasteiger partial charge in [-0.3, -0.25) is 4.90 Å². The molecule has 2 N–H and O–H groups in total. The fourth-order valence-corrected chi connectivity index (χ4v) is 3.74. The van der Waals surface area contributed by atoms with E-state index in [-0.39, 0.29) is 5.54 Å². The second-order valence-corrected chi connectivity index (χ2v) is 6.91. The van der Waals surface area contributed by atoms with Crippen LogP contribution in [0.1, 0.15) is 47.0 Å². The fraction of sp³-hybridized carbons (Fsp3) is 1.00. The van der Waals surface area contributed by atoms with Crippen molar-refractivity contribution >= 4 is 0 Å². The summed E-state index contributed by atoms with van der Waals surface area (Å²) >= 11 is 0. The Labute approximate surface area is 106 Å². The molecule has 1 saturated carbocycles. The molecule has 0 aromatic rings. The molecule has 0 radical (unpaired) electrons. The molecule has 1 saturated heterocycles. The number of rotatable bonds is 2. The lowest BCUT2D eigenvalue weighted by Gasteiger charge is -2.49. The summed E-state index contributed by atoms with van der Waals surface area (Å²) in [5.74, 6) is 0. The van der Waals surface area contributed by atoms with E-state index < -0.39 is 0 Å². The van der Waals surface area contributed by atoms with E-state index in [4.69, 9.17) is 10.5 Å². The molecule has 1 aliphatic heterocycles. The molecule has 0 aromatic carbocycles. The average molecular weight is 240 g/mol. The van der Waals surface area contributed by atoms with Crippen LogP contribution in [0.25, 0.3) is 0 Å². The van der Waals surface area contributed by atoms with Gasteiger partial charge in [0.05, 0.1) is 12.7 Å². The van der Waals surface area contributed by atoms with Crippen LogP contribution in [0.3, 0.4) is 0 Å². The summed E-state index contributed by atoms with van der Waals surface area (Å²) in [6, 6.07) is 0.503. The van der Waals surface area contributed by atoms with Crippen LogP contribution in [0.15, 0.2) is 0 Å². The van der Waals surface area contributed by atoms with Crippen LogP contribution >= 0.6 is 0 Å². The molecule has 2 rings (SSSR count). The van der Waals surface area contributed by atoms with Gasteiger partial charge in [-0.25, -0.2) is 0 Å². The van der Waals surface area contributed by atoms with Gasteiger partial charge in [-0.1, -0.05) is 13.8 Å². The maximum atomic E-state index is 6.15. The van der Waals surface area contributed by atoms with Crippen molar-refractivity contribution in [2.24, 2.45) is 11.1 Å². The van der Waals surface area contributed by atoms with Crippen LogP contribution in [0.5, 0.6) is 0 Å². The van der Waals surface area contributed by atoms with Gasteiger partial charge in [-0.2, -0.15) is 0 Å². The minimum Gasteiger partial charge on any atom is -0.376 e. The van der Waals surface area contributed by atoms with E-state index in [0.717, 1.165) is 19.7 Å². The number of nitrogens with two attached hydrogens (primary N) is 1. The summed E-state index contributed by atoms with van der Waals surface area (Å²) in [5.41, 5.74) is 6.81. The average Bonchev–Trinajstić information content (AvgIpc) is 2.59. The van der Waals surface area contributed by atoms with E-state index in [1.165, 1.54) is 19.3 Å². The minimum absolute atomic E-state index is 0.223. The highest BCUT2D eigenvalue weighted by Gasteiger charge is 2.48. The van der Waals surface area contributed by atoms with Crippen molar-refractivity contribution in [1.29, 1.82) is 0 Å². The zero-order valence-electron chi connectivity index (χ0n) is 11.8. The van der Waals surface area contributed by atoms with Crippen molar-refractivity contribution < 1.29 is 4.74 Å². The zero-order chi connectivity index (χ0) is 12.7. The van der Waals surface area contributed by atoms with Gasteiger partial charge in [0, 0.05) is 24.7 Å². The van der Waals surface area contributed by atoms with Gasteiger partial charge in [-0.15, -0.1) is 0 Å². The Morgan fingerprint density at radius 3 is 2.53 bits per heavy atom. The number of ether oxygens (including phenoxy) is 1. The van der Waals surface area contributed by atoms with Crippen LogP contribution in [0, 0.1) is 5.41 Å². The summed E-state index contributed by atoms with van der Waals surface area (Å²) in [6.45, 7) is 11.9. The molecule has 0 bridgehead atoms. The van der Waals surface area contributed by atoms with E-state index in [9.17, 15) is 0 Å². The first-order valence-electron chi connectivity index (χ1n) is 6.97. The van der Waals surface area contributed by atoms with Crippen LogP contribution in [-0.2, 0) is 4.74 Å². The topological polar surface area (TPSA) is 38.5 Å². The van der Waals surface area contributed by atoms with E-state index in [1.807, 2.05) is 0 Å². The second kappa shape index (κ2) is 4.52. The normalized spacial score (nSPS) is 42.9. The third kappa shape index (κ3) is 2.51. The summed E-state index contributed by atoms with van der Waals surface area (Å²) in [7, 11) is 0. The van der Waals surface area contributed by atoms with Gasteiger partial charge in [-0.05, 0) is 38.5 Å². The standard InChI is InChI=1S/C14H28N2O/c1-11-8-17-12(2)7-16(11)14(10-15)6-5-13(3,4)9-14/h11-12H,5-10,15H2,1-4H3. The number of hydrogen-bond donors (Lipinski definition) is 1. The molecule has 0 aromatic heterocycles. The Hall–Kier alpha value is -0.120. The molecule has 1 heterocycles. The molecule has 2 fully saturated rings. The Balaban J connectivity index is 2.17. The third-order valence-electron chi connectivity index (χ3n) is 4.67. The molecule has 0 spiro atoms. The van der Waals surface area contributed by atoms with Crippen molar-refractivity contribution in [2.45, 2.75) is 64.6 Å². The lowest BCUT2D eigenvalue weighted by Crippen LogP contribution is -2.61. The Kier molecular flexibility index (Phi) is 3.54. The van der Waals surface area contributed by atoms with Gasteiger partial charge in [0.25, 0.3) is 0 Å². The highest BCUT2D eigenvalue weighted by molar-refractivity contribution is 5.04. The van der Waals surface area contributed by atoms with Crippen LogP contribution in [-0.4, -0.2) is 42.3 Å². The summed E-state index contributed by atoms with van der Waals surface area (Å²) in [6.07, 6.45) is 4.11. The first kappa shape index (κ1) is 13.3. The van der Waals surface area contributed by atoms with E-state index in [0.29, 0.717) is 17.6 Å². The number of hydrogen-bond acceptors (Lipinski definition) is 3. The maximum absolute atomic E-state index is 6.15. The zero-order valence-corrected chi connectivity index (χ0v) is 11.8. The third-order valence-corrected chi connectivity index (χ3v) is 4.67. The van der Waals surface area contributed by atoms with Gasteiger partial charge < -0.3 is 10.5 Å². The molecule has 3 heteroatoms. The highest BCUT2D eigenvalue weighted by atomic mass is 16.5. The molecular formula is C14H28N2O. The van der Waals surface area contributed by atoms with Crippen molar-refractivity contribution in [3.05, 3.63) is 0 Å². The van der Waals surface area contributed by atoms with Crippen molar-refractivity contribution in [3.63, 3.8) is 0 Å². The molecule has 100 valence electrons. The quantitative estimate of drug-likeness (QED) is 0.802. The Morgan fingerprint density at radius 1 is 1.29 bits per heavy atom. The monoisotopic (exact) mass is 240 g/mol. The summed E-state index contributed by atoms with van der Waals surface area (Å²) in [5, 5.41) is 0. The molecule has 3 nitrogen and oxygen atoms in total. The first-order chi connectivity index (χ1) is 7.88. The SMILES string of the molecule is CC1CN(C2(CN)CCC(C)(C)C2)C(C)CO1. The fourth-order valence-electron chi connectivity index (χ4n) is 3.74. The van der Waals surface area contributed by atoms with Crippen molar-refractivity contribution in [1.82, 2.24) is 4.90 Å². The molecule has 3 atom stereocenters. The Morgan fingerprint density at radius 2 is 2.00 bits per heavy atom. The minimum atomic E-state index is 0.223. The van der Waals surface area contributed by atoms with E-state index in [2.05, 4.69) is 32.6 Å². The predicted molar refractivity (Wildman–Crippen MR) is 71.0 cm³/mol. The van der Waals surface area contributed by atoms with Crippen LogP contribution in [0.4, 0.5) is 0 Å². The molecule has 3 unspecified atom stereocenters. The molecule has 1 aliphatic carbocycles. The predicted octanol–water partition coefficient (Wildman–Crippen LogP) is 2.00. The second-order valence-electron chi connectivity index (χ2n) is 6.91. The summed E-state index contributed by atoms with van der Waals surface area (Å²) < 4.78 is 5.74. The van der Waals surface area contributed by atoms with E-state index in [1.54, 1.807) is 0 Å². The number of morpholine rings is 1. The Bertz CT molecular complexity index is 279. The highest BCUT2D eigenvalue weighted by Crippen LogP contribution is 2.47. The van der Waals surface area contributed by atoms with Crippen LogP contribution in [0.2, 0.25) is 0 Å². The smallest absolute Gasteiger partial charge is 0.0675 e. The largest absolute Gasteiger partial charge is 0.376 e. The van der Waals surface area contributed by atoms with Gasteiger partial charge in [0.15, 0.2) is 0 Å². The van der Waals surface area contributed by atoms with Gasteiger partial charge >= 0.3 is 0 Å². The van der Waals surface area contributed by atoms with Gasteiger partial charge in [0.1, 0.15) is 0 Å². The summed E-state index contributed by atoms with van der Waals surface area (Å²) in [4.78, 5) is 2.63. The molecule has 2 aliphatic rings. The molecule has 0 amide bonds. The lowest BCUT2D eigenvalue weighted by molar-refractivity contribution is -0.0931. The van der Waals surface area contributed by atoms with Gasteiger partial charge in [0.2, 0.25) is 0 Å². The lowest BCUT2D eigenvalue weighted by atomic mass is 9.85. The number of nitrogens with zero attached hydrogens (tertiary/aromatic N) is 1.